The SMILES string of the molecule is NC(=O)c1ccccc1-c1ccc(N2CC[C@H](Oc3ccc(C(F)(F)F)cn3)C2)c(CO)c1. The lowest BCUT2D eigenvalue weighted by Crippen LogP contribution is -2.25. The topological polar surface area (TPSA) is 88.7 Å². The Hall–Kier alpha value is -3.59. The van der Waals surface area contributed by atoms with Crippen LogP contribution in [0.15, 0.2) is 60.8 Å². The monoisotopic (exact) mass is 457 g/mol. The van der Waals surface area contributed by atoms with Crippen molar-refractivity contribution in [2.24, 2.45) is 5.73 Å². The van der Waals surface area contributed by atoms with E-state index in [2.05, 4.69) is 4.98 Å². The van der Waals surface area contributed by atoms with Gasteiger partial charge in [0, 0.05) is 42.0 Å². The molecule has 1 amide bonds. The molecule has 6 nitrogen and oxygen atoms in total. The summed E-state index contributed by atoms with van der Waals surface area (Å²) in [5, 5.41) is 9.97. The van der Waals surface area contributed by atoms with Gasteiger partial charge in [-0.3, -0.25) is 4.79 Å². The summed E-state index contributed by atoms with van der Waals surface area (Å²) in [5.41, 5.74) is 8.01. The van der Waals surface area contributed by atoms with Crippen LogP contribution in [-0.4, -0.2) is 35.2 Å². The van der Waals surface area contributed by atoms with Crippen LogP contribution in [0.3, 0.4) is 0 Å². The lowest BCUT2D eigenvalue weighted by molar-refractivity contribution is -0.137. The molecular weight excluding hydrogens is 435 g/mol. The molecule has 1 aromatic heterocycles. The molecule has 1 atom stereocenters. The van der Waals surface area contributed by atoms with Crippen LogP contribution < -0.4 is 15.4 Å². The lowest BCUT2D eigenvalue weighted by atomic mass is 9.97. The van der Waals surface area contributed by atoms with Gasteiger partial charge >= 0.3 is 6.18 Å². The van der Waals surface area contributed by atoms with E-state index in [1.807, 2.05) is 29.2 Å². The zero-order valence-electron chi connectivity index (χ0n) is 17.5. The van der Waals surface area contributed by atoms with Crippen LogP contribution in [-0.2, 0) is 12.8 Å². The minimum atomic E-state index is -4.44. The quantitative estimate of drug-likeness (QED) is 0.584. The Morgan fingerprint density at radius 3 is 2.64 bits per heavy atom. The molecule has 172 valence electrons. The van der Waals surface area contributed by atoms with Crippen molar-refractivity contribution in [2.45, 2.75) is 25.3 Å². The van der Waals surface area contributed by atoms with E-state index in [-0.39, 0.29) is 18.6 Å². The number of aromatic nitrogens is 1. The number of ether oxygens (including phenoxy) is 1. The molecule has 1 aliphatic heterocycles. The fourth-order valence-electron chi connectivity index (χ4n) is 3.97. The van der Waals surface area contributed by atoms with E-state index in [0.29, 0.717) is 36.2 Å². The number of benzene rings is 2. The van der Waals surface area contributed by atoms with Crippen molar-refractivity contribution >= 4 is 11.6 Å². The number of primary amides is 1. The molecule has 0 aliphatic carbocycles. The summed E-state index contributed by atoms with van der Waals surface area (Å²) in [5.74, 6) is -0.396. The molecule has 0 unspecified atom stereocenters. The van der Waals surface area contributed by atoms with Crippen LogP contribution in [0.25, 0.3) is 11.1 Å². The Bertz CT molecular complexity index is 1150. The Morgan fingerprint density at radius 1 is 1.18 bits per heavy atom. The van der Waals surface area contributed by atoms with Gasteiger partial charge in [-0.1, -0.05) is 24.3 Å². The molecule has 33 heavy (non-hydrogen) atoms. The first-order chi connectivity index (χ1) is 15.8. The maximum atomic E-state index is 12.7. The second-order valence-electron chi connectivity index (χ2n) is 7.77. The van der Waals surface area contributed by atoms with Gasteiger partial charge in [0.15, 0.2) is 0 Å². The summed E-state index contributed by atoms with van der Waals surface area (Å²) in [4.78, 5) is 17.6. The molecule has 2 aromatic carbocycles. The van der Waals surface area contributed by atoms with Crippen molar-refractivity contribution in [3.05, 3.63) is 77.5 Å². The summed E-state index contributed by atoms with van der Waals surface area (Å²) in [6.07, 6.45) is -3.29. The zero-order chi connectivity index (χ0) is 23.6. The van der Waals surface area contributed by atoms with E-state index in [1.165, 1.54) is 6.07 Å². The molecule has 2 heterocycles. The summed E-state index contributed by atoms with van der Waals surface area (Å²) < 4.78 is 43.9. The molecule has 0 bridgehead atoms. The van der Waals surface area contributed by atoms with E-state index in [4.69, 9.17) is 10.5 Å². The number of aliphatic hydroxyl groups is 1. The molecule has 1 aliphatic rings. The number of nitrogens with zero attached hydrogens (tertiary/aromatic N) is 2. The van der Waals surface area contributed by atoms with Crippen molar-refractivity contribution in [3.63, 3.8) is 0 Å². The number of carbonyl (C=O) groups excluding carboxylic acids is 1. The zero-order valence-corrected chi connectivity index (χ0v) is 17.5. The number of pyridine rings is 1. The van der Waals surface area contributed by atoms with Gasteiger partial charge in [0.2, 0.25) is 11.8 Å². The van der Waals surface area contributed by atoms with Crippen LogP contribution in [0, 0.1) is 0 Å². The Balaban J connectivity index is 1.49. The third-order valence-corrected chi connectivity index (χ3v) is 5.59. The summed E-state index contributed by atoms with van der Waals surface area (Å²) in [6, 6.07) is 14.7. The molecule has 9 heteroatoms. The number of amides is 1. The van der Waals surface area contributed by atoms with Gasteiger partial charge in [-0.25, -0.2) is 4.98 Å². The van der Waals surface area contributed by atoms with Crippen LogP contribution in [0.1, 0.15) is 27.9 Å². The first-order valence-electron chi connectivity index (χ1n) is 10.3. The van der Waals surface area contributed by atoms with Gasteiger partial charge < -0.3 is 20.5 Å². The smallest absolute Gasteiger partial charge is 0.417 e. The second-order valence-corrected chi connectivity index (χ2v) is 7.77. The number of hydrogen-bond donors (Lipinski definition) is 2. The van der Waals surface area contributed by atoms with E-state index < -0.39 is 17.6 Å². The number of anilines is 1. The van der Waals surface area contributed by atoms with Gasteiger partial charge in [-0.05, 0) is 35.4 Å². The number of hydrogen-bond acceptors (Lipinski definition) is 5. The van der Waals surface area contributed by atoms with Crippen LogP contribution in [0.5, 0.6) is 5.88 Å². The highest BCUT2D eigenvalue weighted by atomic mass is 19.4. The third kappa shape index (κ3) is 4.93. The standard InChI is InChI=1S/C24H22F3N3O3/c25-24(26,27)17-6-8-22(29-12-17)33-18-9-10-30(13-18)21-7-5-15(11-16(21)14-31)19-3-1-2-4-20(19)23(28)32/h1-8,11-12,18,31H,9-10,13-14H2,(H2,28,32)/t18-/m0/s1. The average Bonchev–Trinajstić information content (AvgIpc) is 3.26. The van der Waals surface area contributed by atoms with Crippen molar-refractivity contribution in [1.82, 2.24) is 4.98 Å². The lowest BCUT2D eigenvalue weighted by Gasteiger charge is -2.22. The number of carbonyl (C=O) groups is 1. The molecule has 3 N–H and O–H groups in total. The van der Waals surface area contributed by atoms with Crippen LogP contribution >= 0.6 is 0 Å². The average molecular weight is 457 g/mol. The number of nitrogens with two attached hydrogens (primary N) is 1. The van der Waals surface area contributed by atoms with Crippen molar-refractivity contribution < 1.29 is 27.8 Å². The molecule has 1 saturated heterocycles. The summed E-state index contributed by atoms with van der Waals surface area (Å²) in [6.45, 7) is 0.937. The minimum absolute atomic E-state index is 0.135. The highest BCUT2D eigenvalue weighted by molar-refractivity contribution is 6.00. The third-order valence-electron chi connectivity index (χ3n) is 5.59. The van der Waals surface area contributed by atoms with E-state index >= 15 is 0 Å². The maximum Gasteiger partial charge on any atom is 0.417 e. The minimum Gasteiger partial charge on any atom is -0.472 e. The Labute approximate surface area is 188 Å². The number of rotatable bonds is 6. The van der Waals surface area contributed by atoms with Crippen molar-refractivity contribution in [2.75, 3.05) is 18.0 Å². The van der Waals surface area contributed by atoms with Crippen LogP contribution in [0.2, 0.25) is 0 Å². The molecule has 0 radical (unpaired) electrons. The first-order valence-corrected chi connectivity index (χ1v) is 10.3. The largest absolute Gasteiger partial charge is 0.472 e. The van der Waals surface area contributed by atoms with Crippen molar-refractivity contribution in [1.29, 1.82) is 0 Å². The number of alkyl halides is 3. The van der Waals surface area contributed by atoms with E-state index in [9.17, 15) is 23.1 Å². The Morgan fingerprint density at radius 2 is 1.97 bits per heavy atom. The Kier molecular flexibility index (Phi) is 6.24. The molecule has 1 fully saturated rings. The normalized spacial score (nSPS) is 16.1. The predicted octanol–water partition coefficient (Wildman–Crippen LogP) is 4.02. The highest BCUT2D eigenvalue weighted by Gasteiger charge is 2.31. The highest BCUT2D eigenvalue weighted by Crippen LogP contribution is 2.33. The van der Waals surface area contributed by atoms with E-state index in [1.54, 1.807) is 18.2 Å². The fourth-order valence-corrected chi connectivity index (χ4v) is 3.97. The molecular formula is C24H22F3N3O3. The van der Waals surface area contributed by atoms with Gasteiger partial charge in [0.05, 0.1) is 18.7 Å². The molecule has 4 rings (SSSR count). The summed E-state index contributed by atoms with van der Waals surface area (Å²) >= 11 is 0. The van der Waals surface area contributed by atoms with Gasteiger partial charge in [0.1, 0.15) is 6.10 Å². The van der Waals surface area contributed by atoms with Crippen molar-refractivity contribution in [3.8, 4) is 17.0 Å². The molecule has 0 saturated carbocycles. The van der Waals surface area contributed by atoms with Gasteiger partial charge in [-0.2, -0.15) is 13.2 Å². The molecule has 0 spiro atoms. The summed E-state index contributed by atoms with van der Waals surface area (Å²) in [7, 11) is 0. The van der Waals surface area contributed by atoms with Gasteiger partial charge in [0.25, 0.3) is 0 Å². The fraction of sp³-hybridized carbons (Fsp3) is 0.250. The van der Waals surface area contributed by atoms with Crippen LogP contribution in [0.4, 0.5) is 18.9 Å². The molecule has 3 aromatic rings. The number of aliphatic hydroxyl groups excluding tert-OH is 1. The maximum absolute atomic E-state index is 12.7. The second kappa shape index (κ2) is 9.11. The predicted molar refractivity (Wildman–Crippen MR) is 117 cm³/mol. The first kappa shape index (κ1) is 22.6. The van der Waals surface area contributed by atoms with Gasteiger partial charge in [-0.15, -0.1) is 0 Å². The number of halogens is 3. The van der Waals surface area contributed by atoms with E-state index in [0.717, 1.165) is 23.5 Å².